The Kier molecular flexibility index (Phi) is 4.34. The average Bonchev–Trinajstić information content (AvgIpc) is 3.38. The first-order chi connectivity index (χ1) is 14.3. The highest BCUT2D eigenvalue weighted by molar-refractivity contribution is 6.04. The minimum absolute atomic E-state index is 0.157. The van der Waals surface area contributed by atoms with Crippen LogP contribution in [0, 0.1) is 0 Å². The van der Waals surface area contributed by atoms with Crippen molar-refractivity contribution in [3.8, 4) is 22.8 Å². The van der Waals surface area contributed by atoms with Crippen molar-refractivity contribution < 1.29 is 9.53 Å². The molecule has 1 aliphatic rings. The summed E-state index contributed by atoms with van der Waals surface area (Å²) in [6.07, 6.45) is 5.15. The third-order valence-electron chi connectivity index (χ3n) is 4.64. The lowest BCUT2D eigenvalue weighted by molar-refractivity contribution is -0.0285. The van der Waals surface area contributed by atoms with Crippen molar-refractivity contribution in [3.63, 3.8) is 0 Å². The second-order valence-corrected chi connectivity index (χ2v) is 6.61. The Bertz CT molecular complexity index is 1130. The average molecular weight is 387 g/mol. The molecule has 2 N–H and O–H groups in total. The Morgan fingerprint density at radius 3 is 2.72 bits per heavy atom. The van der Waals surface area contributed by atoms with Crippen LogP contribution in [0.3, 0.4) is 0 Å². The minimum atomic E-state index is -0.326. The zero-order valence-electron chi connectivity index (χ0n) is 15.3. The van der Waals surface area contributed by atoms with Crippen LogP contribution in [0.15, 0.2) is 61.1 Å². The number of carbonyl (C=O) groups excluding carboxylic acids is 1. The van der Waals surface area contributed by atoms with E-state index < -0.39 is 0 Å². The molecule has 9 heteroatoms. The van der Waals surface area contributed by atoms with Crippen LogP contribution in [0.1, 0.15) is 16.5 Å². The number of anilines is 1. The van der Waals surface area contributed by atoms with E-state index in [4.69, 9.17) is 4.74 Å². The van der Waals surface area contributed by atoms with Crippen LogP contribution in [0.4, 0.5) is 5.69 Å². The van der Waals surface area contributed by atoms with Gasteiger partial charge in [0, 0.05) is 18.6 Å². The van der Waals surface area contributed by atoms with Crippen molar-refractivity contribution >= 4 is 11.6 Å². The van der Waals surface area contributed by atoms with E-state index in [1.54, 1.807) is 30.6 Å². The van der Waals surface area contributed by atoms with Crippen molar-refractivity contribution in [3.05, 3.63) is 66.7 Å². The molecule has 1 saturated heterocycles. The summed E-state index contributed by atoms with van der Waals surface area (Å²) >= 11 is 0. The molecule has 0 aromatic carbocycles. The SMILES string of the molecule is O=C(Nc1cn(C2COC2)nc1-c1ccccn1)c1cccc(-c2ccn[nH]2)n1. The molecule has 0 atom stereocenters. The van der Waals surface area contributed by atoms with Gasteiger partial charge in [-0.05, 0) is 30.3 Å². The maximum absolute atomic E-state index is 12.9. The molecule has 5 heterocycles. The van der Waals surface area contributed by atoms with E-state index in [1.165, 1.54) is 0 Å². The normalized spacial score (nSPS) is 13.8. The van der Waals surface area contributed by atoms with Crippen molar-refractivity contribution in [1.82, 2.24) is 29.9 Å². The van der Waals surface area contributed by atoms with Gasteiger partial charge in [0.25, 0.3) is 5.91 Å². The van der Waals surface area contributed by atoms with Crippen LogP contribution in [0.5, 0.6) is 0 Å². The van der Waals surface area contributed by atoms with Crippen molar-refractivity contribution in [2.75, 3.05) is 18.5 Å². The Morgan fingerprint density at radius 2 is 2.00 bits per heavy atom. The van der Waals surface area contributed by atoms with E-state index in [1.807, 2.05) is 35.1 Å². The predicted molar refractivity (Wildman–Crippen MR) is 105 cm³/mol. The fourth-order valence-electron chi connectivity index (χ4n) is 3.03. The van der Waals surface area contributed by atoms with Gasteiger partial charge in [-0.1, -0.05) is 12.1 Å². The fourth-order valence-corrected chi connectivity index (χ4v) is 3.03. The number of rotatable bonds is 5. The third kappa shape index (κ3) is 3.39. The summed E-state index contributed by atoms with van der Waals surface area (Å²) < 4.78 is 7.08. The van der Waals surface area contributed by atoms with E-state index >= 15 is 0 Å². The Morgan fingerprint density at radius 1 is 1.10 bits per heavy atom. The zero-order chi connectivity index (χ0) is 19.6. The Balaban J connectivity index is 1.46. The first-order valence-corrected chi connectivity index (χ1v) is 9.14. The smallest absolute Gasteiger partial charge is 0.274 e. The molecule has 4 aromatic rings. The molecule has 1 amide bonds. The summed E-state index contributed by atoms with van der Waals surface area (Å²) in [6.45, 7) is 1.20. The molecule has 29 heavy (non-hydrogen) atoms. The molecule has 0 bridgehead atoms. The van der Waals surface area contributed by atoms with E-state index in [0.29, 0.717) is 41.7 Å². The monoisotopic (exact) mass is 387 g/mol. The Hall–Kier alpha value is -3.85. The van der Waals surface area contributed by atoms with E-state index in [2.05, 4.69) is 30.6 Å². The highest BCUT2D eigenvalue weighted by atomic mass is 16.5. The van der Waals surface area contributed by atoms with E-state index in [9.17, 15) is 4.79 Å². The van der Waals surface area contributed by atoms with Gasteiger partial charge in [-0.3, -0.25) is 19.6 Å². The molecule has 9 nitrogen and oxygen atoms in total. The van der Waals surface area contributed by atoms with Crippen LogP contribution in [0.2, 0.25) is 0 Å². The highest BCUT2D eigenvalue weighted by Gasteiger charge is 2.25. The molecular weight excluding hydrogens is 370 g/mol. The fraction of sp³-hybridized carbons (Fsp3) is 0.150. The topological polar surface area (TPSA) is 111 Å². The predicted octanol–water partition coefficient (Wildman–Crippen LogP) is 2.55. The molecule has 0 radical (unpaired) electrons. The number of aromatic nitrogens is 6. The number of nitrogens with zero attached hydrogens (tertiary/aromatic N) is 5. The lowest BCUT2D eigenvalue weighted by Gasteiger charge is -2.25. The van der Waals surface area contributed by atoms with Crippen molar-refractivity contribution in [2.45, 2.75) is 6.04 Å². The van der Waals surface area contributed by atoms with Crippen LogP contribution in [-0.4, -0.2) is 49.1 Å². The maximum atomic E-state index is 12.9. The molecule has 0 spiro atoms. The molecule has 1 fully saturated rings. The van der Waals surface area contributed by atoms with Gasteiger partial charge in [-0.25, -0.2) is 4.98 Å². The van der Waals surface area contributed by atoms with E-state index in [-0.39, 0.29) is 11.9 Å². The first kappa shape index (κ1) is 17.3. The maximum Gasteiger partial charge on any atom is 0.274 e. The number of H-pyrrole nitrogens is 1. The van der Waals surface area contributed by atoms with Crippen molar-refractivity contribution in [1.29, 1.82) is 0 Å². The van der Waals surface area contributed by atoms with Crippen LogP contribution in [-0.2, 0) is 4.74 Å². The first-order valence-electron chi connectivity index (χ1n) is 9.14. The van der Waals surface area contributed by atoms with Crippen LogP contribution < -0.4 is 5.32 Å². The summed E-state index contributed by atoms with van der Waals surface area (Å²) in [4.78, 5) is 21.7. The van der Waals surface area contributed by atoms with Gasteiger partial charge in [-0.15, -0.1) is 0 Å². The number of ether oxygens (including phenoxy) is 1. The van der Waals surface area contributed by atoms with Gasteiger partial charge < -0.3 is 10.1 Å². The lowest BCUT2D eigenvalue weighted by Crippen LogP contribution is -2.30. The van der Waals surface area contributed by atoms with Crippen molar-refractivity contribution in [2.24, 2.45) is 0 Å². The lowest BCUT2D eigenvalue weighted by atomic mass is 10.2. The van der Waals surface area contributed by atoms with Gasteiger partial charge in [0.05, 0.1) is 42.0 Å². The summed E-state index contributed by atoms with van der Waals surface area (Å²) in [7, 11) is 0. The number of nitrogens with one attached hydrogen (secondary N) is 2. The Labute approximate surface area is 165 Å². The van der Waals surface area contributed by atoms with Gasteiger partial charge in [0.15, 0.2) is 0 Å². The molecule has 0 aliphatic carbocycles. The minimum Gasteiger partial charge on any atom is -0.377 e. The summed E-state index contributed by atoms with van der Waals surface area (Å²) in [5.74, 6) is -0.326. The van der Waals surface area contributed by atoms with Gasteiger partial charge >= 0.3 is 0 Å². The van der Waals surface area contributed by atoms with Gasteiger partial charge in [0.2, 0.25) is 0 Å². The zero-order valence-corrected chi connectivity index (χ0v) is 15.3. The number of aromatic amines is 1. The molecule has 0 unspecified atom stereocenters. The van der Waals surface area contributed by atoms with E-state index in [0.717, 1.165) is 5.69 Å². The molecule has 5 rings (SSSR count). The highest BCUT2D eigenvalue weighted by Crippen LogP contribution is 2.28. The largest absolute Gasteiger partial charge is 0.377 e. The molecule has 4 aromatic heterocycles. The number of hydrogen-bond acceptors (Lipinski definition) is 6. The number of pyridine rings is 2. The second-order valence-electron chi connectivity index (χ2n) is 6.61. The summed E-state index contributed by atoms with van der Waals surface area (Å²) in [6, 6.07) is 12.8. The number of hydrogen-bond donors (Lipinski definition) is 2. The summed E-state index contributed by atoms with van der Waals surface area (Å²) in [5.41, 5.74) is 3.55. The van der Waals surface area contributed by atoms with Gasteiger partial charge in [0.1, 0.15) is 11.4 Å². The van der Waals surface area contributed by atoms with Gasteiger partial charge in [-0.2, -0.15) is 10.2 Å². The molecule has 1 aliphatic heterocycles. The third-order valence-corrected chi connectivity index (χ3v) is 4.64. The number of carbonyl (C=O) groups is 1. The molecule has 0 saturated carbocycles. The summed E-state index contributed by atoms with van der Waals surface area (Å²) in [5, 5.41) is 14.3. The molecule has 144 valence electrons. The van der Waals surface area contributed by atoms with Crippen LogP contribution in [0.25, 0.3) is 22.8 Å². The number of amides is 1. The standard InChI is InChI=1S/C20H17N7O2/c28-20(17-6-3-5-14(23-17)15-7-9-22-25-15)24-18-10-27(13-11-29-12-13)26-19(18)16-4-1-2-8-21-16/h1-10,13H,11-12H2,(H,22,25)(H,24,28). The molecular formula is C20H17N7O2. The quantitative estimate of drug-likeness (QED) is 0.544. The second kappa shape index (κ2) is 7.28. The van der Waals surface area contributed by atoms with Crippen LogP contribution >= 0.6 is 0 Å².